The summed E-state index contributed by atoms with van der Waals surface area (Å²) < 4.78 is 43.4. The van der Waals surface area contributed by atoms with Gasteiger partial charge >= 0.3 is 0 Å². The van der Waals surface area contributed by atoms with Gasteiger partial charge in [-0.1, -0.05) is 11.8 Å². The molecule has 0 bridgehead atoms. The summed E-state index contributed by atoms with van der Waals surface area (Å²) in [5.74, 6) is 1.42. The first-order valence-corrected chi connectivity index (χ1v) is 9.05. The van der Waals surface area contributed by atoms with Crippen molar-refractivity contribution in [3.63, 3.8) is 0 Å². The fraction of sp³-hybridized carbons (Fsp3) is 0.158. The van der Waals surface area contributed by atoms with Crippen molar-refractivity contribution in [3.8, 4) is 23.1 Å². The molecule has 27 heavy (non-hydrogen) atoms. The Morgan fingerprint density at radius 2 is 1.89 bits per heavy atom. The van der Waals surface area contributed by atoms with E-state index in [1.165, 1.54) is 17.8 Å². The molecule has 8 heteroatoms. The van der Waals surface area contributed by atoms with E-state index in [-0.39, 0.29) is 18.1 Å². The monoisotopic (exact) mass is 388 g/mol. The Hall–Kier alpha value is -2.87. The Morgan fingerprint density at radius 1 is 1.04 bits per heavy atom. The predicted molar refractivity (Wildman–Crippen MR) is 95.3 cm³/mol. The number of nitrogens with zero attached hydrogens (tertiary/aromatic N) is 2. The van der Waals surface area contributed by atoms with Crippen molar-refractivity contribution >= 4 is 11.8 Å². The van der Waals surface area contributed by atoms with E-state index in [1.807, 2.05) is 0 Å². The topological polar surface area (TPSA) is 53.5 Å². The number of thioether (sulfide) groups is 1. The van der Waals surface area contributed by atoms with Gasteiger partial charge in [0, 0.05) is 29.1 Å². The van der Waals surface area contributed by atoms with Gasteiger partial charge in [0.05, 0.1) is 0 Å². The minimum atomic E-state index is -0.482. The van der Waals surface area contributed by atoms with Gasteiger partial charge in [0.25, 0.3) is 0 Å². The Kier molecular flexibility index (Phi) is 4.81. The highest BCUT2D eigenvalue weighted by Crippen LogP contribution is 2.36. The van der Waals surface area contributed by atoms with Gasteiger partial charge in [-0.15, -0.1) is 0 Å². The van der Waals surface area contributed by atoms with E-state index in [9.17, 15) is 8.78 Å². The molecule has 3 aromatic rings. The molecule has 2 heterocycles. The van der Waals surface area contributed by atoms with Crippen LogP contribution in [0.25, 0.3) is 0 Å². The Morgan fingerprint density at radius 3 is 2.78 bits per heavy atom. The zero-order valence-electron chi connectivity index (χ0n) is 14.2. The maximum atomic E-state index is 13.8. The summed E-state index contributed by atoms with van der Waals surface area (Å²) in [6, 6.07) is 10.3. The number of benzene rings is 2. The SMILES string of the molecule is Cc1cc(Oc2ccc3c(c2)OCO3)nc(SCc2cc(F)ccc2F)n1. The van der Waals surface area contributed by atoms with E-state index in [0.29, 0.717) is 34.0 Å². The summed E-state index contributed by atoms with van der Waals surface area (Å²) >= 11 is 1.20. The molecule has 4 rings (SSSR count). The molecule has 0 spiro atoms. The van der Waals surface area contributed by atoms with Gasteiger partial charge in [0.15, 0.2) is 16.7 Å². The molecule has 0 N–H and O–H groups in total. The summed E-state index contributed by atoms with van der Waals surface area (Å²) in [6.45, 7) is 1.99. The van der Waals surface area contributed by atoms with Crippen LogP contribution in [0.2, 0.25) is 0 Å². The highest BCUT2D eigenvalue weighted by molar-refractivity contribution is 7.98. The van der Waals surface area contributed by atoms with Gasteiger partial charge in [0.1, 0.15) is 17.4 Å². The average Bonchev–Trinajstić information content (AvgIpc) is 3.10. The van der Waals surface area contributed by atoms with Crippen LogP contribution in [0.5, 0.6) is 23.1 Å². The predicted octanol–water partition coefficient (Wildman–Crippen LogP) is 4.88. The number of hydrogen-bond acceptors (Lipinski definition) is 6. The fourth-order valence-corrected chi connectivity index (χ4v) is 3.36. The molecular formula is C19H14F2N2O3S. The summed E-state index contributed by atoms with van der Waals surface area (Å²) in [5, 5.41) is 0.411. The minimum Gasteiger partial charge on any atom is -0.454 e. The van der Waals surface area contributed by atoms with Crippen LogP contribution >= 0.6 is 11.8 Å². The van der Waals surface area contributed by atoms with E-state index in [0.717, 1.165) is 12.1 Å². The van der Waals surface area contributed by atoms with Crippen LogP contribution in [0, 0.1) is 18.6 Å². The smallest absolute Gasteiger partial charge is 0.231 e. The fourth-order valence-electron chi connectivity index (χ4n) is 2.49. The van der Waals surface area contributed by atoms with Crippen molar-refractivity contribution in [3.05, 3.63) is 65.4 Å². The van der Waals surface area contributed by atoms with E-state index in [2.05, 4.69) is 9.97 Å². The zero-order valence-corrected chi connectivity index (χ0v) is 15.1. The zero-order chi connectivity index (χ0) is 18.8. The van der Waals surface area contributed by atoms with Crippen LogP contribution in [0.4, 0.5) is 8.78 Å². The maximum absolute atomic E-state index is 13.8. The van der Waals surface area contributed by atoms with Crippen molar-refractivity contribution in [2.24, 2.45) is 0 Å². The van der Waals surface area contributed by atoms with Gasteiger partial charge in [-0.3, -0.25) is 0 Å². The number of hydrogen-bond donors (Lipinski definition) is 0. The molecule has 0 amide bonds. The number of fused-ring (bicyclic) bond motifs is 1. The first-order chi connectivity index (χ1) is 13.1. The molecule has 2 aromatic carbocycles. The lowest BCUT2D eigenvalue weighted by atomic mass is 10.2. The third-order valence-electron chi connectivity index (χ3n) is 3.74. The number of aromatic nitrogens is 2. The number of aryl methyl sites for hydroxylation is 1. The van der Waals surface area contributed by atoms with Crippen LogP contribution in [0.1, 0.15) is 11.3 Å². The second-order valence-corrected chi connectivity index (χ2v) is 6.71. The largest absolute Gasteiger partial charge is 0.454 e. The summed E-state index contributed by atoms with van der Waals surface area (Å²) in [7, 11) is 0. The number of halogens is 2. The van der Waals surface area contributed by atoms with Gasteiger partial charge in [-0.25, -0.2) is 13.8 Å². The number of ether oxygens (including phenoxy) is 3. The lowest BCUT2D eigenvalue weighted by Gasteiger charge is -2.08. The number of rotatable bonds is 5. The van der Waals surface area contributed by atoms with Crippen LogP contribution in [0.15, 0.2) is 47.6 Å². The molecule has 1 aliphatic rings. The van der Waals surface area contributed by atoms with E-state index in [1.54, 1.807) is 31.2 Å². The second kappa shape index (κ2) is 7.40. The molecule has 0 fully saturated rings. The standard InChI is InChI=1S/C19H14F2N2O3S/c1-11-6-18(26-14-3-5-16-17(8-14)25-10-24-16)23-19(22-11)27-9-12-7-13(20)2-4-15(12)21/h2-8H,9-10H2,1H3. The van der Waals surface area contributed by atoms with Gasteiger partial charge in [0.2, 0.25) is 12.7 Å². The molecule has 1 aromatic heterocycles. The van der Waals surface area contributed by atoms with Crippen LogP contribution in [-0.4, -0.2) is 16.8 Å². The van der Waals surface area contributed by atoms with E-state index >= 15 is 0 Å². The first-order valence-electron chi connectivity index (χ1n) is 8.07. The van der Waals surface area contributed by atoms with Crippen molar-refractivity contribution in [2.45, 2.75) is 17.8 Å². The van der Waals surface area contributed by atoms with Crippen molar-refractivity contribution in [1.82, 2.24) is 9.97 Å². The molecule has 0 atom stereocenters. The quantitative estimate of drug-likeness (QED) is 0.459. The third-order valence-corrected chi connectivity index (χ3v) is 4.64. The lowest BCUT2D eigenvalue weighted by Crippen LogP contribution is -1.96. The summed E-state index contributed by atoms with van der Waals surface area (Å²) in [4.78, 5) is 8.64. The molecule has 0 aliphatic carbocycles. The Labute approximate surface area is 158 Å². The van der Waals surface area contributed by atoms with Gasteiger partial charge in [-0.2, -0.15) is 4.98 Å². The Balaban J connectivity index is 1.50. The Bertz CT molecular complexity index is 1000. The second-order valence-electron chi connectivity index (χ2n) is 5.77. The van der Waals surface area contributed by atoms with E-state index in [4.69, 9.17) is 14.2 Å². The molecule has 5 nitrogen and oxygen atoms in total. The molecule has 1 aliphatic heterocycles. The highest BCUT2D eigenvalue weighted by atomic mass is 32.2. The van der Waals surface area contributed by atoms with Gasteiger partial charge < -0.3 is 14.2 Å². The molecule has 0 radical (unpaired) electrons. The highest BCUT2D eigenvalue weighted by Gasteiger charge is 2.15. The van der Waals surface area contributed by atoms with Crippen LogP contribution in [-0.2, 0) is 5.75 Å². The minimum absolute atomic E-state index is 0.183. The molecular weight excluding hydrogens is 374 g/mol. The van der Waals surface area contributed by atoms with Gasteiger partial charge in [-0.05, 0) is 37.3 Å². The molecule has 138 valence electrons. The molecule has 0 unspecified atom stereocenters. The first kappa shape index (κ1) is 17.5. The lowest BCUT2D eigenvalue weighted by molar-refractivity contribution is 0.174. The molecule has 0 saturated heterocycles. The van der Waals surface area contributed by atoms with E-state index < -0.39 is 11.6 Å². The van der Waals surface area contributed by atoms with Crippen LogP contribution < -0.4 is 14.2 Å². The maximum Gasteiger partial charge on any atom is 0.231 e. The van der Waals surface area contributed by atoms with Crippen molar-refractivity contribution < 1.29 is 23.0 Å². The van der Waals surface area contributed by atoms with Crippen LogP contribution in [0.3, 0.4) is 0 Å². The third kappa shape index (κ3) is 4.11. The normalized spacial score (nSPS) is 12.3. The average molecular weight is 388 g/mol. The molecule has 0 saturated carbocycles. The van der Waals surface area contributed by atoms with Crippen molar-refractivity contribution in [2.75, 3.05) is 6.79 Å². The van der Waals surface area contributed by atoms with Crippen molar-refractivity contribution in [1.29, 1.82) is 0 Å². The summed E-state index contributed by atoms with van der Waals surface area (Å²) in [6.07, 6.45) is 0. The summed E-state index contributed by atoms with van der Waals surface area (Å²) in [5.41, 5.74) is 0.950.